The van der Waals surface area contributed by atoms with Crippen LogP contribution < -0.4 is 10.2 Å². The topological polar surface area (TPSA) is 104 Å². The van der Waals surface area contributed by atoms with Gasteiger partial charge in [0.1, 0.15) is 0 Å². The Morgan fingerprint density at radius 2 is 1.17 bits per heavy atom. The number of nitrogens with zero attached hydrogens (tertiary/aromatic N) is 1. The minimum Gasteiger partial charge on any atom is -0.550 e. The van der Waals surface area contributed by atoms with Gasteiger partial charge in [0.2, 0.25) is 0 Å². The summed E-state index contributed by atoms with van der Waals surface area (Å²) in [6.07, 6.45) is 0. The molecule has 0 rings (SSSR count). The van der Waals surface area contributed by atoms with E-state index in [9.17, 15) is 0 Å². The standard InChI is InChI=1S/C2H3N.2C2H4O2.Cd/c1-2-3;2*1-2(3)4;/h1H3;2*1H3,(H,3,4);/q;;;+2/p-2. The summed E-state index contributed by atoms with van der Waals surface area (Å²) < 4.78 is 0. The van der Waals surface area contributed by atoms with Crippen molar-refractivity contribution < 1.29 is 47.1 Å². The van der Waals surface area contributed by atoms with Crippen molar-refractivity contribution >= 4 is 11.9 Å². The second-order valence-electron chi connectivity index (χ2n) is 1.21. The largest absolute Gasteiger partial charge is 2.00 e. The maximum absolute atomic E-state index is 8.89. The summed E-state index contributed by atoms with van der Waals surface area (Å²) in [5.74, 6) is -2.17. The molecule has 0 aliphatic carbocycles. The fourth-order valence-electron chi connectivity index (χ4n) is 0. The molecular weight excluding hydrogens is 262 g/mol. The van der Waals surface area contributed by atoms with Crippen LogP contribution in [0.1, 0.15) is 20.8 Å². The zero-order valence-corrected chi connectivity index (χ0v) is 11.3. The van der Waals surface area contributed by atoms with Crippen LogP contribution in [0.2, 0.25) is 0 Å². The number of nitriles is 1. The normalized spacial score (nSPS) is 4.83. The second-order valence-corrected chi connectivity index (χ2v) is 1.21. The van der Waals surface area contributed by atoms with Crippen molar-refractivity contribution in [1.82, 2.24) is 0 Å². The van der Waals surface area contributed by atoms with E-state index in [-0.39, 0.29) is 27.3 Å². The number of carboxylic acid groups (broad SMARTS) is 2. The van der Waals surface area contributed by atoms with Crippen LogP contribution >= 0.6 is 0 Å². The van der Waals surface area contributed by atoms with Crippen LogP contribution in [0, 0.1) is 11.3 Å². The number of aliphatic carboxylic acids is 2. The summed E-state index contributed by atoms with van der Waals surface area (Å²) in [7, 11) is 0. The Balaban J connectivity index is -0.0000000389. The van der Waals surface area contributed by atoms with Crippen LogP contribution in [0.5, 0.6) is 0 Å². The van der Waals surface area contributed by atoms with Crippen molar-refractivity contribution in [1.29, 1.82) is 5.26 Å². The third kappa shape index (κ3) is 1550. The van der Waals surface area contributed by atoms with E-state index in [1.54, 1.807) is 6.07 Å². The van der Waals surface area contributed by atoms with Crippen LogP contribution in [0.15, 0.2) is 0 Å². The van der Waals surface area contributed by atoms with Crippen molar-refractivity contribution in [2.45, 2.75) is 20.8 Å². The molecule has 0 saturated carbocycles. The van der Waals surface area contributed by atoms with E-state index in [0.29, 0.717) is 0 Å². The first-order valence-corrected chi connectivity index (χ1v) is 2.54. The van der Waals surface area contributed by atoms with Crippen LogP contribution in [0.25, 0.3) is 0 Å². The van der Waals surface area contributed by atoms with Gasteiger partial charge in [-0.3, -0.25) is 0 Å². The van der Waals surface area contributed by atoms with E-state index in [1.807, 2.05) is 0 Å². The zero-order chi connectivity index (χ0) is 9.86. The molecule has 0 aliphatic rings. The summed E-state index contributed by atoms with van der Waals surface area (Å²) >= 11 is 0. The summed E-state index contributed by atoms with van der Waals surface area (Å²) in [5, 5.41) is 25.1. The van der Waals surface area contributed by atoms with Gasteiger partial charge in [-0.25, -0.2) is 0 Å². The summed E-state index contributed by atoms with van der Waals surface area (Å²) in [6.45, 7) is 3.38. The van der Waals surface area contributed by atoms with Gasteiger partial charge in [0.05, 0.1) is 6.07 Å². The van der Waals surface area contributed by atoms with Gasteiger partial charge in [0.25, 0.3) is 0 Å². The van der Waals surface area contributed by atoms with Crippen molar-refractivity contribution in [2.24, 2.45) is 0 Å². The summed E-state index contributed by atoms with van der Waals surface area (Å²) in [6, 6.07) is 1.75. The van der Waals surface area contributed by atoms with Crippen molar-refractivity contribution in [3.8, 4) is 6.07 Å². The number of carbonyl (C=O) groups excluding carboxylic acids is 2. The minimum absolute atomic E-state index is 0. The van der Waals surface area contributed by atoms with Gasteiger partial charge in [0, 0.05) is 18.9 Å². The number of hydrogen-bond donors (Lipinski definition) is 0. The smallest absolute Gasteiger partial charge is 0.550 e. The first kappa shape index (κ1) is 22.5. The third-order valence-electron chi connectivity index (χ3n) is 0. The van der Waals surface area contributed by atoms with Gasteiger partial charge in [-0.05, 0) is 13.8 Å². The molecule has 0 atom stereocenters. The molecule has 0 spiro atoms. The SMILES string of the molecule is CC#N.CC(=O)[O-].CC(=O)[O-].[Cd+2]. The van der Waals surface area contributed by atoms with Gasteiger partial charge >= 0.3 is 27.3 Å². The van der Waals surface area contributed by atoms with E-state index in [0.717, 1.165) is 13.8 Å². The Labute approximate surface area is 91.2 Å². The molecule has 6 heteroatoms. The molecule has 0 aromatic rings. The molecule has 0 fully saturated rings. The van der Waals surface area contributed by atoms with Gasteiger partial charge < -0.3 is 19.8 Å². The molecule has 0 aliphatic heterocycles. The van der Waals surface area contributed by atoms with Crippen LogP contribution in [-0.2, 0) is 36.9 Å². The molecule has 0 radical (unpaired) electrons. The Bertz CT molecular complexity index is 132. The molecule has 5 nitrogen and oxygen atoms in total. The predicted octanol–water partition coefficient (Wildman–Crippen LogP) is -1.96. The van der Waals surface area contributed by atoms with E-state index >= 15 is 0 Å². The van der Waals surface area contributed by atoms with Crippen molar-refractivity contribution in [2.75, 3.05) is 0 Å². The van der Waals surface area contributed by atoms with E-state index < -0.39 is 11.9 Å². The number of hydrogen-bond acceptors (Lipinski definition) is 5. The van der Waals surface area contributed by atoms with Crippen molar-refractivity contribution in [3.63, 3.8) is 0 Å². The van der Waals surface area contributed by atoms with Gasteiger partial charge in [-0.15, -0.1) is 0 Å². The van der Waals surface area contributed by atoms with Crippen molar-refractivity contribution in [3.05, 3.63) is 0 Å². The van der Waals surface area contributed by atoms with Gasteiger partial charge in [-0.1, -0.05) is 0 Å². The average molecular weight is 272 g/mol. The molecule has 0 aromatic carbocycles. The molecule has 12 heavy (non-hydrogen) atoms. The van der Waals surface area contributed by atoms with E-state index in [4.69, 9.17) is 25.1 Å². The molecule has 0 saturated heterocycles. The monoisotopic (exact) mass is 273 g/mol. The molecule has 0 heterocycles. The number of rotatable bonds is 0. The summed E-state index contributed by atoms with van der Waals surface area (Å²) in [4.78, 5) is 17.8. The summed E-state index contributed by atoms with van der Waals surface area (Å²) in [5.41, 5.74) is 0. The Morgan fingerprint density at radius 1 is 1.17 bits per heavy atom. The molecule has 0 aromatic heterocycles. The molecule has 0 bridgehead atoms. The van der Waals surface area contributed by atoms with Gasteiger partial charge in [0.15, 0.2) is 0 Å². The quantitative estimate of drug-likeness (QED) is 0.476. The molecule has 0 amide bonds. The fraction of sp³-hybridized carbons (Fsp3) is 0.500. The molecule has 0 unspecified atom stereocenters. The Hall–Kier alpha value is -0.648. The average Bonchev–Trinajstić information content (AvgIpc) is 1.60. The Kier molecular flexibility index (Phi) is 42.1. The van der Waals surface area contributed by atoms with Crippen LogP contribution in [0.3, 0.4) is 0 Å². The molecule has 0 N–H and O–H groups in total. The van der Waals surface area contributed by atoms with Crippen LogP contribution in [0.4, 0.5) is 0 Å². The van der Waals surface area contributed by atoms with E-state index in [1.165, 1.54) is 6.92 Å². The number of carbonyl (C=O) groups is 2. The third-order valence-corrected chi connectivity index (χ3v) is 0. The predicted molar refractivity (Wildman–Crippen MR) is 32.6 cm³/mol. The number of carboxylic acids is 2. The first-order chi connectivity index (χ1) is 4.88. The maximum atomic E-state index is 8.89. The maximum Gasteiger partial charge on any atom is 2.00 e. The zero-order valence-electron chi connectivity index (χ0n) is 7.29. The first-order valence-electron chi connectivity index (χ1n) is 2.54. The Morgan fingerprint density at radius 3 is 1.17 bits per heavy atom. The van der Waals surface area contributed by atoms with E-state index in [2.05, 4.69) is 0 Å². The van der Waals surface area contributed by atoms with Gasteiger partial charge in [-0.2, -0.15) is 5.26 Å². The van der Waals surface area contributed by atoms with Crippen LogP contribution in [-0.4, -0.2) is 11.9 Å². The minimum atomic E-state index is -1.08. The fourth-order valence-corrected chi connectivity index (χ4v) is 0. The molecular formula is C6H9CdNO4. The molecule has 64 valence electrons. The second kappa shape index (κ2) is 22.4.